The second-order valence-corrected chi connectivity index (χ2v) is 3.82. The molecule has 0 saturated carbocycles. The number of pyridine rings is 1. The van der Waals surface area contributed by atoms with Gasteiger partial charge in [0.2, 0.25) is 0 Å². The number of nitrogens with zero attached hydrogens (tertiary/aromatic N) is 3. The van der Waals surface area contributed by atoms with E-state index in [-0.39, 0.29) is 12.4 Å². The van der Waals surface area contributed by atoms with Crippen molar-refractivity contribution in [3.63, 3.8) is 0 Å². The van der Waals surface area contributed by atoms with Gasteiger partial charge in [0.05, 0.1) is 0 Å². The largest absolute Gasteiger partial charge is 0.508 e. The molecule has 0 bridgehead atoms. The quantitative estimate of drug-likeness (QED) is 0.762. The summed E-state index contributed by atoms with van der Waals surface area (Å²) in [5.74, 6) is 1.37. The first-order valence-electron chi connectivity index (χ1n) is 5.53. The Morgan fingerprint density at radius 3 is 2.94 bits per heavy atom. The summed E-state index contributed by atoms with van der Waals surface area (Å²) < 4.78 is 7.20. The van der Waals surface area contributed by atoms with Gasteiger partial charge in [0.25, 0.3) is 0 Å². The number of phenols is 1. The SMILES string of the molecule is Oc1cccc(OCc2nc3ccccn3n2)c1. The van der Waals surface area contributed by atoms with Gasteiger partial charge in [-0.15, -0.1) is 5.10 Å². The van der Waals surface area contributed by atoms with Crippen LogP contribution >= 0.6 is 0 Å². The fourth-order valence-electron chi connectivity index (χ4n) is 1.66. The first-order valence-corrected chi connectivity index (χ1v) is 5.53. The molecule has 0 aliphatic heterocycles. The van der Waals surface area contributed by atoms with Crippen molar-refractivity contribution in [2.75, 3.05) is 0 Å². The number of phenolic OH excluding ortho intramolecular Hbond substituents is 1. The van der Waals surface area contributed by atoms with E-state index < -0.39 is 0 Å². The molecular weight excluding hydrogens is 230 g/mol. The highest BCUT2D eigenvalue weighted by Gasteiger charge is 2.03. The van der Waals surface area contributed by atoms with Gasteiger partial charge in [0, 0.05) is 12.3 Å². The van der Waals surface area contributed by atoms with Crippen molar-refractivity contribution in [3.05, 3.63) is 54.5 Å². The van der Waals surface area contributed by atoms with Crippen molar-refractivity contribution >= 4 is 5.65 Å². The van der Waals surface area contributed by atoms with Crippen molar-refractivity contribution in [1.82, 2.24) is 14.6 Å². The molecule has 0 aliphatic carbocycles. The number of hydrogen-bond donors (Lipinski definition) is 1. The van der Waals surface area contributed by atoms with Gasteiger partial charge in [-0.3, -0.25) is 0 Å². The van der Waals surface area contributed by atoms with Crippen molar-refractivity contribution in [3.8, 4) is 11.5 Å². The van der Waals surface area contributed by atoms with Crippen LogP contribution in [-0.4, -0.2) is 19.7 Å². The van der Waals surface area contributed by atoms with Crippen LogP contribution in [0.15, 0.2) is 48.7 Å². The Balaban J connectivity index is 1.76. The fourth-order valence-corrected chi connectivity index (χ4v) is 1.66. The Hall–Kier alpha value is -2.56. The maximum atomic E-state index is 9.31. The molecule has 0 amide bonds. The normalized spacial score (nSPS) is 10.7. The molecule has 0 atom stereocenters. The summed E-state index contributed by atoms with van der Waals surface area (Å²) in [6.07, 6.45) is 1.83. The van der Waals surface area contributed by atoms with Crippen molar-refractivity contribution in [2.24, 2.45) is 0 Å². The maximum Gasteiger partial charge on any atom is 0.189 e. The van der Waals surface area contributed by atoms with Crippen LogP contribution in [0.5, 0.6) is 11.5 Å². The zero-order valence-electron chi connectivity index (χ0n) is 9.52. The predicted octanol–water partition coefficient (Wildman–Crippen LogP) is 2.01. The first-order chi connectivity index (χ1) is 8.81. The van der Waals surface area contributed by atoms with Crippen LogP contribution in [0.2, 0.25) is 0 Å². The van der Waals surface area contributed by atoms with E-state index in [1.165, 1.54) is 0 Å². The lowest BCUT2D eigenvalue weighted by Gasteiger charge is -2.02. The number of benzene rings is 1. The number of fused-ring (bicyclic) bond motifs is 1. The molecule has 0 unspecified atom stereocenters. The van der Waals surface area contributed by atoms with Crippen LogP contribution in [0.3, 0.4) is 0 Å². The van der Waals surface area contributed by atoms with E-state index in [0.717, 1.165) is 5.65 Å². The van der Waals surface area contributed by atoms with Crippen LogP contribution in [0.25, 0.3) is 5.65 Å². The average Bonchev–Trinajstić information content (AvgIpc) is 2.79. The molecule has 18 heavy (non-hydrogen) atoms. The molecule has 90 valence electrons. The van der Waals surface area contributed by atoms with Gasteiger partial charge >= 0.3 is 0 Å². The minimum Gasteiger partial charge on any atom is -0.508 e. The van der Waals surface area contributed by atoms with Crippen molar-refractivity contribution < 1.29 is 9.84 Å². The van der Waals surface area contributed by atoms with Gasteiger partial charge in [-0.2, -0.15) is 0 Å². The van der Waals surface area contributed by atoms with Gasteiger partial charge in [0.15, 0.2) is 11.5 Å². The molecule has 2 heterocycles. The molecule has 5 heteroatoms. The van der Waals surface area contributed by atoms with Gasteiger partial charge in [0.1, 0.15) is 18.1 Å². The predicted molar refractivity (Wildman–Crippen MR) is 65.4 cm³/mol. The Kier molecular flexibility index (Phi) is 2.57. The number of ether oxygens (including phenoxy) is 1. The molecule has 0 saturated heterocycles. The molecule has 5 nitrogen and oxygen atoms in total. The van der Waals surface area contributed by atoms with Gasteiger partial charge in [-0.1, -0.05) is 12.1 Å². The molecule has 0 spiro atoms. The van der Waals surface area contributed by atoms with Crippen molar-refractivity contribution in [2.45, 2.75) is 6.61 Å². The van der Waals surface area contributed by atoms with E-state index in [4.69, 9.17) is 4.74 Å². The molecule has 0 fully saturated rings. The third kappa shape index (κ3) is 2.10. The summed E-state index contributed by atoms with van der Waals surface area (Å²) in [5, 5.41) is 13.6. The van der Waals surface area contributed by atoms with Gasteiger partial charge in [-0.05, 0) is 24.3 Å². The van der Waals surface area contributed by atoms with E-state index in [1.54, 1.807) is 28.8 Å². The minimum atomic E-state index is 0.176. The van der Waals surface area contributed by atoms with Crippen LogP contribution < -0.4 is 4.74 Å². The lowest BCUT2D eigenvalue weighted by atomic mass is 10.3. The molecule has 3 rings (SSSR count). The Bertz CT molecular complexity index is 646. The van der Waals surface area contributed by atoms with E-state index in [9.17, 15) is 5.11 Å². The summed E-state index contributed by atoms with van der Waals surface area (Å²) in [5.41, 5.74) is 0.784. The van der Waals surface area contributed by atoms with E-state index in [2.05, 4.69) is 10.1 Å². The number of aromatic nitrogens is 3. The molecule has 0 aliphatic rings. The molecule has 1 aromatic carbocycles. The standard InChI is InChI=1S/C13H11N3O2/c17-10-4-3-5-11(8-10)18-9-12-14-13-6-1-2-7-16(13)15-12/h1-8,17H,9H2. The highest BCUT2D eigenvalue weighted by Crippen LogP contribution is 2.18. The Morgan fingerprint density at radius 2 is 2.11 bits per heavy atom. The summed E-state index contributed by atoms with van der Waals surface area (Å²) in [4.78, 5) is 4.31. The zero-order chi connectivity index (χ0) is 12.4. The summed E-state index contributed by atoms with van der Waals surface area (Å²) in [7, 11) is 0. The highest BCUT2D eigenvalue weighted by molar-refractivity contribution is 5.36. The zero-order valence-corrected chi connectivity index (χ0v) is 9.52. The minimum absolute atomic E-state index is 0.176. The molecular formula is C13H11N3O2. The molecule has 0 radical (unpaired) electrons. The maximum absolute atomic E-state index is 9.31. The summed E-state index contributed by atoms with van der Waals surface area (Å²) in [6, 6.07) is 12.3. The van der Waals surface area contributed by atoms with Crippen LogP contribution in [-0.2, 0) is 6.61 Å². The summed E-state index contributed by atoms with van der Waals surface area (Å²) in [6.45, 7) is 0.269. The Labute approximate surface area is 103 Å². The monoisotopic (exact) mass is 241 g/mol. The van der Waals surface area contributed by atoms with Crippen molar-refractivity contribution in [1.29, 1.82) is 0 Å². The van der Waals surface area contributed by atoms with Crippen LogP contribution in [0.1, 0.15) is 5.82 Å². The van der Waals surface area contributed by atoms with Crippen LogP contribution in [0, 0.1) is 0 Å². The van der Waals surface area contributed by atoms with E-state index >= 15 is 0 Å². The second-order valence-electron chi connectivity index (χ2n) is 3.82. The third-order valence-electron chi connectivity index (χ3n) is 2.47. The molecule has 1 N–H and O–H groups in total. The Morgan fingerprint density at radius 1 is 1.17 bits per heavy atom. The average molecular weight is 241 g/mol. The number of rotatable bonds is 3. The van der Waals surface area contributed by atoms with E-state index in [1.807, 2.05) is 24.4 Å². The van der Waals surface area contributed by atoms with Gasteiger partial charge < -0.3 is 9.84 Å². The van der Waals surface area contributed by atoms with E-state index in [0.29, 0.717) is 11.6 Å². The second kappa shape index (κ2) is 4.37. The fraction of sp³-hybridized carbons (Fsp3) is 0.0769. The molecule has 2 aromatic heterocycles. The smallest absolute Gasteiger partial charge is 0.189 e. The topological polar surface area (TPSA) is 59.7 Å². The molecule has 3 aromatic rings. The van der Waals surface area contributed by atoms with Crippen LogP contribution in [0.4, 0.5) is 0 Å². The first kappa shape index (κ1) is 10.6. The lowest BCUT2D eigenvalue weighted by Crippen LogP contribution is -1.97. The summed E-state index contributed by atoms with van der Waals surface area (Å²) >= 11 is 0. The number of aromatic hydroxyl groups is 1. The lowest BCUT2D eigenvalue weighted by molar-refractivity contribution is 0.294. The highest BCUT2D eigenvalue weighted by atomic mass is 16.5. The number of hydrogen-bond acceptors (Lipinski definition) is 4. The van der Waals surface area contributed by atoms with Gasteiger partial charge in [-0.25, -0.2) is 9.50 Å². The third-order valence-corrected chi connectivity index (χ3v) is 2.47.